The van der Waals surface area contributed by atoms with Crippen LogP contribution in [0.1, 0.15) is 25.0 Å². The van der Waals surface area contributed by atoms with Crippen molar-refractivity contribution in [3.05, 3.63) is 58.7 Å². The van der Waals surface area contributed by atoms with E-state index in [-0.39, 0.29) is 6.10 Å². The van der Waals surface area contributed by atoms with E-state index in [1.807, 2.05) is 37.4 Å². The second kappa shape index (κ2) is 10.3. The molecule has 0 bridgehead atoms. The standard InChI is InChI=1S/C21H28ClN5O/c1-3-23-21(26-14-18-6-4-5-7-19(18)22)25-13-17-8-9-20(24-12-17)27-10-11-28-16(2)15-27/h4-9,12,16H,3,10-11,13-15H2,1-2H3,(H2,23,25,26). The van der Waals surface area contributed by atoms with E-state index in [2.05, 4.69) is 44.6 Å². The monoisotopic (exact) mass is 401 g/mol. The van der Waals surface area contributed by atoms with Crippen LogP contribution in [0.15, 0.2) is 47.6 Å². The fourth-order valence-corrected chi connectivity index (χ4v) is 3.26. The number of anilines is 1. The molecule has 7 heteroatoms. The van der Waals surface area contributed by atoms with Crippen molar-refractivity contribution in [2.45, 2.75) is 33.0 Å². The Kier molecular flexibility index (Phi) is 7.51. The molecule has 28 heavy (non-hydrogen) atoms. The molecule has 1 unspecified atom stereocenters. The third-order valence-corrected chi connectivity index (χ3v) is 4.91. The molecule has 3 rings (SSSR count). The van der Waals surface area contributed by atoms with Crippen LogP contribution in [0.4, 0.5) is 5.82 Å². The molecule has 0 aliphatic carbocycles. The van der Waals surface area contributed by atoms with E-state index in [9.17, 15) is 0 Å². The zero-order chi connectivity index (χ0) is 19.8. The molecule has 1 aliphatic heterocycles. The van der Waals surface area contributed by atoms with Crippen LogP contribution in [0.2, 0.25) is 5.02 Å². The van der Waals surface area contributed by atoms with Crippen molar-refractivity contribution in [1.29, 1.82) is 0 Å². The number of nitrogens with one attached hydrogen (secondary N) is 2. The Bertz CT molecular complexity index is 781. The molecule has 1 aromatic heterocycles. The number of ether oxygens (including phenoxy) is 1. The maximum absolute atomic E-state index is 6.23. The zero-order valence-electron chi connectivity index (χ0n) is 16.5. The van der Waals surface area contributed by atoms with Crippen molar-refractivity contribution in [2.24, 2.45) is 4.99 Å². The molecule has 150 valence electrons. The lowest BCUT2D eigenvalue weighted by Gasteiger charge is -2.32. The lowest BCUT2D eigenvalue weighted by molar-refractivity contribution is 0.0529. The van der Waals surface area contributed by atoms with E-state index in [1.54, 1.807) is 0 Å². The number of aromatic nitrogens is 1. The number of halogens is 1. The zero-order valence-corrected chi connectivity index (χ0v) is 17.2. The number of morpholine rings is 1. The molecule has 0 amide bonds. The van der Waals surface area contributed by atoms with Crippen molar-refractivity contribution in [3.63, 3.8) is 0 Å². The van der Waals surface area contributed by atoms with Crippen molar-refractivity contribution < 1.29 is 4.74 Å². The minimum absolute atomic E-state index is 0.242. The number of nitrogens with zero attached hydrogens (tertiary/aromatic N) is 3. The number of aliphatic imine (C=N–C) groups is 1. The fraction of sp³-hybridized carbons (Fsp3) is 0.429. The Morgan fingerprint density at radius 2 is 2.14 bits per heavy atom. The largest absolute Gasteiger partial charge is 0.375 e. The highest BCUT2D eigenvalue weighted by atomic mass is 35.5. The van der Waals surface area contributed by atoms with Crippen LogP contribution in [-0.2, 0) is 17.8 Å². The van der Waals surface area contributed by atoms with Gasteiger partial charge in [0.2, 0.25) is 0 Å². The van der Waals surface area contributed by atoms with E-state index in [1.165, 1.54) is 0 Å². The molecule has 0 saturated carbocycles. The summed E-state index contributed by atoms with van der Waals surface area (Å²) in [5.41, 5.74) is 2.11. The molecule has 1 atom stereocenters. The van der Waals surface area contributed by atoms with Gasteiger partial charge < -0.3 is 20.3 Å². The van der Waals surface area contributed by atoms with Crippen LogP contribution in [0.3, 0.4) is 0 Å². The lowest BCUT2D eigenvalue weighted by atomic mass is 10.2. The summed E-state index contributed by atoms with van der Waals surface area (Å²) < 4.78 is 5.59. The number of rotatable bonds is 6. The average Bonchev–Trinajstić information content (AvgIpc) is 2.71. The van der Waals surface area contributed by atoms with Crippen LogP contribution in [-0.4, -0.2) is 43.3 Å². The quantitative estimate of drug-likeness (QED) is 0.575. The van der Waals surface area contributed by atoms with Gasteiger partial charge >= 0.3 is 0 Å². The normalized spacial score (nSPS) is 17.5. The van der Waals surface area contributed by atoms with E-state index < -0.39 is 0 Å². The first-order chi connectivity index (χ1) is 13.7. The van der Waals surface area contributed by atoms with Gasteiger partial charge in [0.05, 0.1) is 19.3 Å². The molecule has 1 fully saturated rings. The SMILES string of the molecule is CCNC(=NCc1ccc(N2CCOC(C)C2)nc1)NCc1ccccc1Cl. The molecule has 0 radical (unpaired) electrons. The number of pyridine rings is 1. The Hall–Kier alpha value is -2.31. The molecule has 1 aliphatic rings. The molecule has 2 N–H and O–H groups in total. The summed E-state index contributed by atoms with van der Waals surface area (Å²) in [5, 5.41) is 7.34. The van der Waals surface area contributed by atoms with Gasteiger partial charge in [0.1, 0.15) is 5.82 Å². The van der Waals surface area contributed by atoms with Crippen LogP contribution in [0.5, 0.6) is 0 Å². The van der Waals surface area contributed by atoms with Gasteiger partial charge in [-0.1, -0.05) is 35.9 Å². The molecule has 2 heterocycles. The summed E-state index contributed by atoms with van der Waals surface area (Å²) in [6, 6.07) is 12.0. The van der Waals surface area contributed by atoms with Gasteiger partial charge in [-0.2, -0.15) is 0 Å². The first-order valence-electron chi connectivity index (χ1n) is 9.72. The highest BCUT2D eigenvalue weighted by Gasteiger charge is 2.17. The van der Waals surface area contributed by atoms with Gasteiger partial charge in [-0.15, -0.1) is 0 Å². The van der Waals surface area contributed by atoms with Gasteiger partial charge in [-0.3, -0.25) is 0 Å². The number of hydrogen-bond acceptors (Lipinski definition) is 4. The van der Waals surface area contributed by atoms with Crippen molar-refractivity contribution in [1.82, 2.24) is 15.6 Å². The maximum atomic E-state index is 6.23. The summed E-state index contributed by atoms with van der Waals surface area (Å²) >= 11 is 6.23. The number of guanidine groups is 1. The Morgan fingerprint density at radius 3 is 2.86 bits per heavy atom. The molecule has 1 saturated heterocycles. The highest BCUT2D eigenvalue weighted by molar-refractivity contribution is 6.31. The van der Waals surface area contributed by atoms with E-state index in [0.29, 0.717) is 13.1 Å². The molecule has 0 spiro atoms. The molecular formula is C21H28ClN5O. The van der Waals surface area contributed by atoms with Gasteiger partial charge in [0, 0.05) is 37.4 Å². The highest BCUT2D eigenvalue weighted by Crippen LogP contribution is 2.16. The second-order valence-corrected chi connectivity index (χ2v) is 7.20. The van der Waals surface area contributed by atoms with Gasteiger partial charge in [-0.25, -0.2) is 9.98 Å². The Morgan fingerprint density at radius 1 is 1.29 bits per heavy atom. The summed E-state index contributed by atoms with van der Waals surface area (Å²) in [4.78, 5) is 11.5. The van der Waals surface area contributed by atoms with Crippen molar-refractivity contribution in [2.75, 3.05) is 31.1 Å². The predicted octanol–water partition coefficient (Wildman–Crippen LogP) is 3.22. The molecule has 2 aromatic rings. The van der Waals surface area contributed by atoms with E-state index in [0.717, 1.165) is 54.2 Å². The number of hydrogen-bond donors (Lipinski definition) is 2. The first-order valence-corrected chi connectivity index (χ1v) is 10.1. The molecular weight excluding hydrogens is 374 g/mol. The summed E-state index contributed by atoms with van der Waals surface area (Å²) in [7, 11) is 0. The van der Waals surface area contributed by atoms with Crippen molar-refractivity contribution >= 4 is 23.4 Å². The van der Waals surface area contributed by atoms with Gasteiger partial charge in [0.15, 0.2) is 5.96 Å². The Labute approximate surface area is 172 Å². The van der Waals surface area contributed by atoms with Gasteiger partial charge in [-0.05, 0) is 37.1 Å². The third kappa shape index (κ3) is 5.84. The second-order valence-electron chi connectivity index (χ2n) is 6.79. The first kappa shape index (κ1) is 20.4. The Balaban J connectivity index is 1.58. The van der Waals surface area contributed by atoms with E-state index >= 15 is 0 Å². The minimum Gasteiger partial charge on any atom is -0.375 e. The predicted molar refractivity (Wildman–Crippen MR) is 115 cm³/mol. The molecule has 1 aromatic carbocycles. The summed E-state index contributed by atoms with van der Waals surface area (Å²) in [6.45, 7) is 8.62. The fourth-order valence-electron chi connectivity index (χ4n) is 3.06. The topological polar surface area (TPSA) is 61.8 Å². The van der Waals surface area contributed by atoms with Crippen LogP contribution >= 0.6 is 11.6 Å². The lowest BCUT2D eigenvalue weighted by Crippen LogP contribution is -2.41. The third-order valence-electron chi connectivity index (χ3n) is 4.54. The van der Waals surface area contributed by atoms with Crippen LogP contribution < -0.4 is 15.5 Å². The van der Waals surface area contributed by atoms with Crippen LogP contribution in [0.25, 0.3) is 0 Å². The average molecular weight is 402 g/mol. The number of benzene rings is 1. The van der Waals surface area contributed by atoms with E-state index in [4.69, 9.17) is 16.3 Å². The van der Waals surface area contributed by atoms with Gasteiger partial charge in [0.25, 0.3) is 0 Å². The van der Waals surface area contributed by atoms with Crippen LogP contribution in [0, 0.1) is 0 Å². The molecule has 6 nitrogen and oxygen atoms in total. The minimum atomic E-state index is 0.242. The van der Waals surface area contributed by atoms with Crippen molar-refractivity contribution in [3.8, 4) is 0 Å². The summed E-state index contributed by atoms with van der Waals surface area (Å²) in [6.07, 6.45) is 2.14. The smallest absolute Gasteiger partial charge is 0.191 e. The maximum Gasteiger partial charge on any atom is 0.191 e. The summed E-state index contributed by atoms with van der Waals surface area (Å²) in [5.74, 6) is 1.75.